The fraction of sp³-hybridized carbons (Fsp3) is 0.538. The van der Waals surface area contributed by atoms with Gasteiger partial charge in [0.2, 0.25) is 0 Å². The van der Waals surface area contributed by atoms with Crippen molar-refractivity contribution >= 4 is 0 Å². The van der Waals surface area contributed by atoms with Crippen LogP contribution in [0.5, 0.6) is 0 Å². The molecular formula is C13H18O. The second-order valence-electron chi connectivity index (χ2n) is 4.44. The first-order valence-electron chi connectivity index (χ1n) is 5.48. The summed E-state index contributed by atoms with van der Waals surface area (Å²) in [6.07, 6.45) is 3.87. The molecule has 0 fully saturated rings. The minimum atomic E-state index is -0.532. The molecule has 76 valence electrons. The topological polar surface area (TPSA) is 20.2 Å². The van der Waals surface area contributed by atoms with E-state index < -0.39 is 5.60 Å². The summed E-state index contributed by atoms with van der Waals surface area (Å²) >= 11 is 0. The minimum absolute atomic E-state index is 0.532. The van der Waals surface area contributed by atoms with Gasteiger partial charge in [0.05, 0.1) is 5.60 Å². The molecule has 0 saturated heterocycles. The maximum absolute atomic E-state index is 10.5. The molecule has 1 unspecified atom stereocenters. The third-order valence-electron chi connectivity index (χ3n) is 3.24. The summed E-state index contributed by atoms with van der Waals surface area (Å²) < 4.78 is 0. The molecule has 1 atom stereocenters. The lowest BCUT2D eigenvalue weighted by atomic mass is 9.90. The molecule has 0 heterocycles. The molecule has 14 heavy (non-hydrogen) atoms. The largest absolute Gasteiger partial charge is 0.385 e. The lowest BCUT2D eigenvalue weighted by Gasteiger charge is -2.23. The summed E-state index contributed by atoms with van der Waals surface area (Å²) in [6.45, 7) is 4.22. The Morgan fingerprint density at radius 1 is 1.43 bits per heavy atom. The Morgan fingerprint density at radius 3 is 2.93 bits per heavy atom. The van der Waals surface area contributed by atoms with Crippen molar-refractivity contribution in [2.24, 2.45) is 0 Å². The first-order chi connectivity index (χ1) is 6.65. The van der Waals surface area contributed by atoms with E-state index in [9.17, 15) is 5.11 Å². The summed E-state index contributed by atoms with van der Waals surface area (Å²) in [5.41, 5.74) is 3.24. The van der Waals surface area contributed by atoms with Crippen LogP contribution < -0.4 is 0 Å². The average Bonchev–Trinajstić information content (AvgIpc) is 2.45. The van der Waals surface area contributed by atoms with Gasteiger partial charge >= 0.3 is 0 Å². The predicted octanol–water partition coefficient (Wildman–Crippen LogP) is 2.93. The molecule has 1 nitrogen and oxygen atoms in total. The monoisotopic (exact) mass is 190 g/mol. The average molecular weight is 190 g/mol. The number of fused-ring (bicyclic) bond motifs is 1. The maximum atomic E-state index is 10.5. The van der Waals surface area contributed by atoms with Gasteiger partial charge in [0, 0.05) is 0 Å². The zero-order valence-electron chi connectivity index (χ0n) is 9.01. The maximum Gasteiger partial charge on any atom is 0.0902 e. The van der Waals surface area contributed by atoms with Crippen molar-refractivity contribution in [3.05, 3.63) is 34.9 Å². The van der Waals surface area contributed by atoms with Crippen LogP contribution in [0.3, 0.4) is 0 Å². The number of rotatable bonds is 2. The van der Waals surface area contributed by atoms with Gasteiger partial charge in [-0.2, -0.15) is 0 Å². The highest BCUT2D eigenvalue weighted by atomic mass is 16.3. The quantitative estimate of drug-likeness (QED) is 0.760. The van der Waals surface area contributed by atoms with Crippen molar-refractivity contribution in [2.45, 2.75) is 45.1 Å². The second kappa shape index (κ2) is 3.39. The van der Waals surface area contributed by atoms with Crippen LogP contribution >= 0.6 is 0 Å². The van der Waals surface area contributed by atoms with E-state index in [0.717, 1.165) is 25.7 Å². The van der Waals surface area contributed by atoms with Gasteiger partial charge < -0.3 is 5.11 Å². The number of hydrogen-bond acceptors (Lipinski definition) is 1. The molecule has 0 bridgehead atoms. The van der Waals surface area contributed by atoms with Gasteiger partial charge in [0.1, 0.15) is 0 Å². The summed E-state index contributed by atoms with van der Waals surface area (Å²) in [5, 5.41) is 10.5. The third-order valence-corrected chi connectivity index (χ3v) is 3.24. The van der Waals surface area contributed by atoms with Crippen molar-refractivity contribution in [3.63, 3.8) is 0 Å². The van der Waals surface area contributed by atoms with Gasteiger partial charge in [-0.05, 0) is 37.3 Å². The van der Waals surface area contributed by atoms with Crippen LogP contribution in [0, 0.1) is 6.92 Å². The molecular weight excluding hydrogens is 172 g/mol. The van der Waals surface area contributed by atoms with Gasteiger partial charge in [-0.25, -0.2) is 0 Å². The van der Waals surface area contributed by atoms with Crippen molar-refractivity contribution < 1.29 is 5.11 Å². The number of aryl methyl sites for hydroxylation is 2. The highest BCUT2D eigenvalue weighted by Crippen LogP contribution is 2.40. The Balaban J connectivity index is 2.41. The van der Waals surface area contributed by atoms with Gasteiger partial charge in [0.25, 0.3) is 0 Å². The van der Waals surface area contributed by atoms with Crippen molar-refractivity contribution in [1.29, 1.82) is 0 Å². The number of aliphatic hydroxyl groups is 1. The molecule has 1 heteroatoms. The molecule has 1 aliphatic carbocycles. The Morgan fingerprint density at radius 2 is 2.21 bits per heavy atom. The molecule has 0 aliphatic heterocycles. The van der Waals surface area contributed by atoms with Gasteiger partial charge in [-0.15, -0.1) is 0 Å². The van der Waals surface area contributed by atoms with Crippen LogP contribution in [-0.4, -0.2) is 5.11 Å². The molecule has 0 aromatic heterocycles. The molecule has 0 saturated carbocycles. The Kier molecular flexibility index (Phi) is 2.36. The third kappa shape index (κ3) is 1.46. The van der Waals surface area contributed by atoms with E-state index in [2.05, 4.69) is 32.0 Å². The van der Waals surface area contributed by atoms with Crippen molar-refractivity contribution in [3.8, 4) is 0 Å². The first-order valence-corrected chi connectivity index (χ1v) is 5.48. The molecule has 0 radical (unpaired) electrons. The predicted molar refractivity (Wildman–Crippen MR) is 58.3 cm³/mol. The van der Waals surface area contributed by atoms with E-state index in [4.69, 9.17) is 0 Å². The molecule has 1 aliphatic rings. The van der Waals surface area contributed by atoms with Crippen LogP contribution in [0.1, 0.15) is 42.9 Å². The molecule has 1 aromatic rings. The van der Waals surface area contributed by atoms with Crippen LogP contribution in [0.4, 0.5) is 0 Å². The van der Waals surface area contributed by atoms with E-state index in [0.29, 0.717) is 0 Å². The Hall–Kier alpha value is -0.820. The molecule has 0 spiro atoms. The molecule has 1 N–H and O–H groups in total. The van der Waals surface area contributed by atoms with Crippen molar-refractivity contribution in [1.82, 2.24) is 0 Å². The normalized spacial score (nSPS) is 25.1. The van der Waals surface area contributed by atoms with Crippen LogP contribution in [0.25, 0.3) is 0 Å². The number of benzene rings is 1. The summed E-state index contributed by atoms with van der Waals surface area (Å²) in [5.74, 6) is 0. The first kappa shape index (κ1) is 9.72. The van der Waals surface area contributed by atoms with Crippen LogP contribution in [-0.2, 0) is 12.0 Å². The zero-order chi connectivity index (χ0) is 10.2. The van der Waals surface area contributed by atoms with E-state index in [1.54, 1.807) is 0 Å². The van der Waals surface area contributed by atoms with E-state index in [1.807, 2.05) is 0 Å². The fourth-order valence-corrected chi connectivity index (χ4v) is 2.49. The Labute approximate surface area is 85.8 Å². The second-order valence-corrected chi connectivity index (χ2v) is 4.44. The van der Waals surface area contributed by atoms with Crippen molar-refractivity contribution in [2.75, 3.05) is 0 Å². The highest BCUT2D eigenvalue weighted by molar-refractivity contribution is 5.39. The SMILES string of the molecule is CCCC1(O)CCc2ccc(C)cc21. The number of hydrogen-bond donors (Lipinski definition) is 1. The van der Waals surface area contributed by atoms with Crippen LogP contribution in [0.15, 0.2) is 18.2 Å². The van der Waals surface area contributed by atoms with Gasteiger partial charge in [-0.1, -0.05) is 37.1 Å². The lowest BCUT2D eigenvalue weighted by molar-refractivity contribution is 0.0287. The van der Waals surface area contributed by atoms with E-state index in [-0.39, 0.29) is 0 Å². The van der Waals surface area contributed by atoms with Gasteiger partial charge in [-0.3, -0.25) is 0 Å². The summed E-state index contributed by atoms with van der Waals surface area (Å²) in [4.78, 5) is 0. The fourth-order valence-electron chi connectivity index (χ4n) is 2.49. The smallest absolute Gasteiger partial charge is 0.0902 e. The minimum Gasteiger partial charge on any atom is -0.385 e. The van der Waals surface area contributed by atoms with Gasteiger partial charge in [0.15, 0.2) is 0 Å². The zero-order valence-corrected chi connectivity index (χ0v) is 9.01. The molecule has 2 rings (SSSR count). The summed E-state index contributed by atoms with van der Waals surface area (Å²) in [6, 6.07) is 6.45. The highest BCUT2D eigenvalue weighted by Gasteiger charge is 2.35. The standard InChI is InChI=1S/C13H18O/c1-3-7-13(14)8-6-11-5-4-10(2)9-12(11)13/h4-5,9,14H,3,6-8H2,1-2H3. The molecule has 0 amide bonds. The summed E-state index contributed by atoms with van der Waals surface area (Å²) in [7, 11) is 0. The molecule has 1 aromatic carbocycles. The van der Waals surface area contributed by atoms with E-state index >= 15 is 0 Å². The lowest BCUT2D eigenvalue weighted by Crippen LogP contribution is -2.21. The van der Waals surface area contributed by atoms with Crippen LogP contribution in [0.2, 0.25) is 0 Å². The Bertz CT molecular complexity index is 339. The van der Waals surface area contributed by atoms with E-state index in [1.165, 1.54) is 16.7 Å².